The number of piperidine rings is 1. The van der Waals surface area contributed by atoms with E-state index in [1.807, 2.05) is 72.6 Å². The van der Waals surface area contributed by atoms with Crippen LogP contribution < -0.4 is 4.74 Å². The SMILES string of the molecule is COc1ccc(C(=O)N2CCC(C(=O)N(C)Cc3cccc(Cl)c3)CC2)c2ccccc12. The van der Waals surface area contributed by atoms with Crippen LogP contribution in [0.15, 0.2) is 60.7 Å². The smallest absolute Gasteiger partial charge is 0.254 e. The van der Waals surface area contributed by atoms with E-state index < -0.39 is 0 Å². The third-order valence-electron chi connectivity index (χ3n) is 6.15. The van der Waals surface area contributed by atoms with Crippen LogP contribution in [0.1, 0.15) is 28.8 Å². The molecule has 0 bridgehead atoms. The summed E-state index contributed by atoms with van der Waals surface area (Å²) in [5, 5.41) is 2.48. The summed E-state index contributed by atoms with van der Waals surface area (Å²) in [6.07, 6.45) is 1.33. The highest BCUT2D eigenvalue weighted by Gasteiger charge is 2.30. The van der Waals surface area contributed by atoms with Crippen molar-refractivity contribution in [3.63, 3.8) is 0 Å². The fourth-order valence-electron chi connectivity index (χ4n) is 4.43. The van der Waals surface area contributed by atoms with Crippen LogP contribution in [0.3, 0.4) is 0 Å². The first-order chi connectivity index (χ1) is 15.5. The van der Waals surface area contributed by atoms with Crippen molar-refractivity contribution in [1.29, 1.82) is 0 Å². The van der Waals surface area contributed by atoms with Gasteiger partial charge in [0.25, 0.3) is 5.91 Å². The Morgan fingerprint density at radius 1 is 1.03 bits per heavy atom. The molecule has 0 unspecified atom stereocenters. The fraction of sp³-hybridized carbons (Fsp3) is 0.308. The molecule has 1 fully saturated rings. The quantitative estimate of drug-likeness (QED) is 0.548. The zero-order valence-corrected chi connectivity index (χ0v) is 19.1. The van der Waals surface area contributed by atoms with Crippen molar-refractivity contribution in [2.45, 2.75) is 19.4 Å². The number of benzene rings is 3. The number of rotatable bonds is 5. The molecule has 0 aliphatic carbocycles. The summed E-state index contributed by atoms with van der Waals surface area (Å²) in [5.41, 5.74) is 1.68. The zero-order chi connectivity index (χ0) is 22.7. The van der Waals surface area contributed by atoms with E-state index in [2.05, 4.69) is 0 Å². The second kappa shape index (κ2) is 9.61. The summed E-state index contributed by atoms with van der Waals surface area (Å²) < 4.78 is 5.45. The van der Waals surface area contributed by atoms with Crippen LogP contribution in [0.25, 0.3) is 10.8 Å². The normalized spacial score (nSPS) is 14.4. The standard InChI is InChI=1S/C26H27ClN2O3/c1-28(17-18-6-5-7-20(27)16-18)25(30)19-12-14-29(15-13-19)26(31)23-10-11-24(32-2)22-9-4-3-8-21(22)23/h3-11,16,19H,12-15,17H2,1-2H3. The van der Waals surface area contributed by atoms with E-state index in [9.17, 15) is 9.59 Å². The maximum Gasteiger partial charge on any atom is 0.254 e. The maximum absolute atomic E-state index is 13.3. The number of carbonyl (C=O) groups excluding carboxylic acids is 2. The van der Waals surface area contributed by atoms with Gasteiger partial charge in [-0.2, -0.15) is 0 Å². The molecule has 0 spiro atoms. The number of hydrogen-bond donors (Lipinski definition) is 0. The highest BCUT2D eigenvalue weighted by atomic mass is 35.5. The Morgan fingerprint density at radius 2 is 1.75 bits per heavy atom. The number of carbonyl (C=O) groups is 2. The molecule has 1 aliphatic rings. The second-order valence-corrected chi connectivity index (χ2v) is 8.69. The first-order valence-corrected chi connectivity index (χ1v) is 11.2. The van der Waals surface area contributed by atoms with Crippen molar-refractivity contribution in [1.82, 2.24) is 9.80 Å². The predicted octanol–water partition coefficient (Wildman–Crippen LogP) is 5.01. The molecule has 4 rings (SSSR count). The molecule has 0 N–H and O–H groups in total. The minimum Gasteiger partial charge on any atom is -0.496 e. The third-order valence-corrected chi connectivity index (χ3v) is 6.39. The lowest BCUT2D eigenvalue weighted by molar-refractivity contribution is -0.136. The number of nitrogens with zero attached hydrogens (tertiary/aromatic N) is 2. The fourth-order valence-corrected chi connectivity index (χ4v) is 4.65. The highest BCUT2D eigenvalue weighted by Crippen LogP contribution is 2.30. The lowest BCUT2D eigenvalue weighted by Gasteiger charge is -2.33. The molecule has 166 valence electrons. The number of hydrogen-bond acceptors (Lipinski definition) is 3. The van der Waals surface area contributed by atoms with Crippen LogP contribution in [0.2, 0.25) is 5.02 Å². The van der Waals surface area contributed by atoms with Gasteiger partial charge in [-0.05, 0) is 48.1 Å². The molecule has 1 saturated heterocycles. The summed E-state index contributed by atoms with van der Waals surface area (Å²) in [7, 11) is 3.46. The number of likely N-dealkylation sites (tertiary alicyclic amines) is 1. The van der Waals surface area contributed by atoms with E-state index in [-0.39, 0.29) is 17.7 Å². The van der Waals surface area contributed by atoms with E-state index in [1.54, 1.807) is 12.0 Å². The highest BCUT2D eigenvalue weighted by molar-refractivity contribution is 6.30. The van der Waals surface area contributed by atoms with Crippen molar-refractivity contribution in [3.05, 3.63) is 76.8 Å². The van der Waals surface area contributed by atoms with Crippen molar-refractivity contribution >= 4 is 34.2 Å². The van der Waals surface area contributed by atoms with Crippen LogP contribution in [-0.4, -0.2) is 48.9 Å². The number of halogens is 1. The Hall–Kier alpha value is -3.05. The van der Waals surface area contributed by atoms with Gasteiger partial charge in [-0.3, -0.25) is 9.59 Å². The van der Waals surface area contributed by atoms with Crippen LogP contribution in [0.4, 0.5) is 0 Å². The van der Waals surface area contributed by atoms with Crippen molar-refractivity contribution < 1.29 is 14.3 Å². The molecule has 6 heteroatoms. The van der Waals surface area contributed by atoms with E-state index in [0.717, 1.165) is 22.1 Å². The van der Waals surface area contributed by atoms with E-state index in [4.69, 9.17) is 16.3 Å². The van der Waals surface area contributed by atoms with Gasteiger partial charge in [0.05, 0.1) is 7.11 Å². The molecule has 0 atom stereocenters. The molecule has 3 aromatic carbocycles. The molecule has 5 nitrogen and oxygen atoms in total. The molecule has 0 saturated carbocycles. The van der Waals surface area contributed by atoms with Crippen LogP contribution in [0.5, 0.6) is 5.75 Å². The summed E-state index contributed by atoms with van der Waals surface area (Å²) in [4.78, 5) is 29.8. The maximum atomic E-state index is 13.3. The Kier molecular flexibility index (Phi) is 6.66. The average Bonchev–Trinajstić information content (AvgIpc) is 2.82. The van der Waals surface area contributed by atoms with E-state index >= 15 is 0 Å². The molecular weight excluding hydrogens is 424 g/mol. The Morgan fingerprint density at radius 3 is 2.44 bits per heavy atom. The van der Waals surface area contributed by atoms with Gasteiger partial charge < -0.3 is 14.5 Å². The third kappa shape index (κ3) is 4.58. The van der Waals surface area contributed by atoms with Gasteiger partial charge in [0, 0.05) is 48.6 Å². The van der Waals surface area contributed by atoms with Crippen molar-refractivity contribution in [2.75, 3.05) is 27.2 Å². The molecule has 1 heterocycles. The molecule has 3 aromatic rings. The van der Waals surface area contributed by atoms with Gasteiger partial charge in [0.1, 0.15) is 5.75 Å². The number of amides is 2. The van der Waals surface area contributed by atoms with Gasteiger partial charge in [-0.15, -0.1) is 0 Å². The zero-order valence-electron chi connectivity index (χ0n) is 18.4. The topological polar surface area (TPSA) is 49.9 Å². The largest absolute Gasteiger partial charge is 0.496 e. The Bertz CT molecular complexity index is 1140. The van der Waals surface area contributed by atoms with Crippen LogP contribution in [-0.2, 0) is 11.3 Å². The summed E-state index contributed by atoms with van der Waals surface area (Å²) in [6.45, 7) is 1.66. The summed E-state index contributed by atoms with van der Waals surface area (Å²) >= 11 is 6.06. The molecule has 32 heavy (non-hydrogen) atoms. The number of fused-ring (bicyclic) bond motifs is 1. The summed E-state index contributed by atoms with van der Waals surface area (Å²) in [5.74, 6) is 0.800. The van der Waals surface area contributed by atoms with Crippen molar-refractivity contribution in [2.24, 2.45) is 5.92 Å². The molecular formula is C26H27ClN2O3. The Balaban J connectivity index is 1.41. The number of methoxy groups -OCH3 is 1. The van der Waals surface area contributed by atoms with Gasteiger partial charge in [0.2, 0.25) is 5.91 Å². The monoisotopic (exact) mass is 450 g/mol. The Labute approximate surface area is 193 Å². The minimum absolute atomic E-state index is 0.00188. The van der Waals surface area contributed by atoms with Gasteiger partial charge in [-0.1, -0.05) is 48.0 Å². The molecule has 2 amide bonds. The molecule has 1 aliphatic heterocycles. The second-order valence-electron chi connectivity index (χ2n) is 8.25. The van der Waals surface area contributed by atoms with E-state index in [1.165, 1.54) is 0 Å². The van der Waals surface area contributed by atoms with E-state index in [0.29, 0.717) is 43.1 Å². The first kappa shape index (κ1) is 22.2. The van der Waals surface area contributed by atoms with Crippen LogP contribution >= 0.6 is 11.6 Å². The number of ether oxygens (including phenoxy) is 1. The summed E-state index contributed by atoms with van der Waals surface area (Å²) in [6, 6.07) is 19.0. The lowest BCUT2D eigenvalue weighted by Crippen LogP contribution is -2.43. The average molecular weight is 451 g/mol. The van der Waals surface area contributed by atoms with Gasteiger partial charge in [0.15, 0.2) is 0 Å². The minimum atomic E-state index is -0.0733. The van der Waals surface area contributed by atoms with Crippen molar-refractivity contribution in [3.8, 4) is 5.75 Å². The van der Waals surface area contributed by atoms with Gasteiger partial charge >= 0.3 is 0 Å². The van der Waals surface area contributed by atoms with Crippen LogP contribution in [0, 0.1) is 5.92 Å². The predicted molar refractivity (Wildman–Crippen MR) is 127 cm³/mol. The first-order valence-electron chi connectivity index (χ1n) is 10.8. The molecule has 0 radical (unpaired) electrons. The van der Waals surface area contributed by atoms with Gasteiger partial charge in [-0.25, -0.2) is 0 Å². The molecule has 0 aromatic heterocycles. The lowest BCUT2D eigenvalue weighted by atomic mass is 9.94.